The third kappa shape index (κ3) is 2.84. The third-order valence-electron chi connectivity index (χ3n) is 5.62. The molecule has 130 valence electrons. The number of hydrogen-bond acceptors (Lipinski definition) is 2. The van der Waals surface area contributed by atoms with Crippen molar-refractivity contribution in [2.45, 2.75) is 45.1 Å². The van der Waals surface area contributed by atoms with Gasteiger partial charge in [0, 0.05) is 5.92 Å². The van der Waals surface area contributed by atoms with Crippen LogP contribution >= 0.6 is 0 Å². The van der Waals surface area contributed by atoms with Gasteiger partial charge in [0.2, 0.25) is 0 Å². The van der Waals surface area contributed by atoms with Gasteiger partial charge < -0.3 is 10.1 Å². The Morgan fingerprint density at radius 2 is 1.92 bits per heavy atom. The molecule has 1 heterocycles. The lowest BCUT2D eigenvalue weighted by molar-refractivity contribution is 0.337. The first-order valence-electron chi connectivity index (χ1n) is 9.47. The summed E-state index contributed by atoms with van der Waals surface area (Å²) >= 11 is 0. The van der Waals surface area contributed by atoms with E-state index in [-0.39, 0.29) is 0 Å². The van der Waals surface area contributed by atoms with Crippen LogP contribution in [0.15, 0.2) is 54.6 Å². The van der Waals surface area contributed by atoms with Crippen LogP contribution in [0.25, 0.3) is 0 Å². The molecule has 2 nitrogen and oxygen atoms in total. The van der Waals surface area contributed by atoms with Crippen LogP contribution < -0.4 is 10.1 Å². The normalized spacial score (nSPS) is 23.9. The van der Waals surface area contributed by atoms with Gasteiger partial charge in [0.15, 0.2) is 0 Å². The molecule has 0 radical (unpaired) electrons. The molecular formula is C23H27NO. The Hall–Kier alpha value is -2.22. The summed E-state index contributed by atoms with van der Waals surface area (Å²) in [5.41, 5.74) is 5.32. The second kappa shape index (κ2) is 6.59. The van der Waals surface area contributed by atoms with Crippen LogP contribution in [0.1, 0.15) is 61.8 Å². The summed E-state index contributed by atoms with van der Waals surface area (Å²) in [6.45, 7) is 7.23. The first-order valence-corrected chi connectivity index (χ1v) is 9.47. The molecule has 2 heteroatoms. The fourth-order valence-electron chi connectivity index (χ4n) is 4.29. The fourth-order valence-corrected chi connectivity index (χ4v) is 4.29. The Morgan fingerprint density at radius 1 is 1.12 bits per heavy atom. The Balaban J connectivity index is 1.73. The van der Waals surface area contributed by atoms with Gasteiger partial charge >= 0.3 is 0 Å². The minimum atomic E-state index is 0.329. The summed E-state index contributed by atoms with van der Waals surface area (Å²) < 4.78 is 5.90. The van der Waals surface area contributed by atoms with Gasteiger partial charge in [-0.25, -0.2) is 0 Å². The largest absolute Gasteiger partial charge is 0.492 e. The molecule has 1 N–H and O–H groups in total. The number of fused-ring (bicyclic) bond motifs is 3. The molecule has 2 aromatic carbocycles. The Labute approximate surface area is 150 Å². The van der Waals surface area contributed by atoms with Crippen molar-refractivity contribution in [2.75, 3.05) is 11.9 Å². The average molecular weight is 333 g/mol. The zero-order valence-electron chi connectivity index (χ0n) is 15.3. The number of hydrogen-bond donors (Lipinski definition) is 1. The van der Waals surface area contributed by atoms with Crippen LogP contribution in [-0.4, -0.2) is 6.61 Å². The van der Waals surface area contributed by atoms with E-state index in [1.165, 1.54) is 22.4 Å². The van der Waals surface area contributed by atoms with Gasteiger partial charge in [-0.2, -0.15) is 0 Å². The number of benzene rings is 2. The molecule has 1 aliphatic carbocycles. The van der Waals surface area contributed by atoms with Crippen LogP contribution in [0.3, 0.4) is 0 Å². The lowest BCUT2D eigenvalue weighted by Gasteiger charge is -2.38. The van der Waals surface area contributed by atoms with Gasteiger partial charge in [0.05, 0.1) is 18.3 Å². The number of rotatable bonds is 4. The number of allylic oxidation sites excluding steroid dienone is 2. The highest BCUT2D eigenvalue weighted by Crippen LogP contribution is 2.52. The summed E-state index contributed by atoms with van der Waals surface area (Å²) in [5, 5.41) is 3.82. The SMILES string of the molecule is CCOc1cccc2c1NC(c1ccc(C(C)C)cc1)C1CC=CC21. The highest BCUT2D eigenvalue weighted by Gasteiger charge is 2.38. The molecule has 0 saturated heterocycles. The van der Waals surface area contributed by atoms with E-state index in [0.717, 1.165) is 12.2 Å². The van der Waals surface area contributed by atoms with E-state index in [4.69, 9.17) is 4.74 Å². The highest BCUT2D eigenvalue weighted by atomic mass is 16.5. The van der Waals surface area contributed by atoms with Crippen molar-refractivity contribution in [3.05, 3.63) is 71.3 Å². The van der Waals surface area contributed by atoms with Crippen molar-refractivity contribution >= 4 is 5.69 Å². The van der Waals surface area contributed by atoms with Crippen molar-refractivity contribution in [3.63, 3.8) is 0 Å². The minimum Gasteiger partial charge on any atom is -0.492 e. The molecular weight excluding hydrogens is 306 g/mol. The lowest BCUT2D eigenvalue weighted by Crippen LogP contribution is -2.29. The predicted molar refractivity (Wildman–Crippen MR) is 104 cm³/mol. The number of para-hydroxylation sites is 1. The molecule has 0 saturated carbocycles. The van der Waals surface area contributed by atoms with E-state index in [9.17, 15) is 0 Å². The number of ether oxygens (including phenoxy) is 1. The zero-order chi connectivity index (χ0) is 17.4. The summed E-state index contributed by atoms with van der Waals surface area (Å²) in [6, 6.07) is 15.9. The number of nitrogens with one attached hydrogen (secondary N) is 1. The van der Waals surface area contributed by atoms with Crippen LogP contribution in [0, 0.1) is 5.92 Å². The topological polar surface area (TPSA) is 21.3 Å². The van der Waals surface area contributed by atoms with E-state index < -0.39 is 0 Å². The van der Waals surface area contributed by atoms with Gasteiger partial charge in [0.25, 0.3) is 0 Å². The average Bonchev–Trinajstić information content (AvgIpc) is 3.12. The van der Waals surface area contributed by atoms with Crippen LogP contribution in [-0.2, 0) is 0 Å². The van der Waals surface area contributed by atoms with Gasteiger partial charge in [-0.1, -0.05) is 62.4 Å². The van der Waals surface area contributed by atoms with E-state index in [1.54, 1.807) is 0 Å². The maximum absolute atomic E-state index is 5.90. The summed E-state index contributed by atoms with van der Waals surface area (Å²) in [5.74, 6) is 2.60. The second-order valence-corrected chi connectivity index (χ2v) is 7.45. The van der Waals surface area contributed by atoms with Gasteiger partial charge in [-0.3, -0.25) is 0 Å². The smallest absolute Gasteiger partial charge is 0.142 e. The van der Waals surface area contributed by atoms with Gasteiger partial charge in [-0.15, -0.1) is 0 Å². The molecule has 2 aliphatic rings. The molecule has 25 heavy (non-hydrogen) atoms. The van der Waals surface area contributed by atoms with Crippen molar-refractivity contribution in [1.82, 2.24) is 0 Å². The minimum absolute atomic E-state index is 0.329. The fraction of sp³-hybridized carbons (Fsp3) is 0.391. The maximum atomic E-state index is 5.90. The van der Waals surface area contributed by atoms with Crippen molar-refractivity contribution in [3.8, 4) is 5.75 Å². The van der Waals surface area contributed by atoms with Crippen LogP contribution in [0.4, 0.5) is 5.69 Å². The van der Waals surface area contributed by atoms with Crippen molar-refractivity contribution in [1.29, 1.82) is 0 Å². The Bertz CT molecular complexity index is 775. The molecule has 0 aromatic heterocycles. The van der Waals surface area contributed by atoms with E-state index in [1.807, 2.05) is 6.92 Å². The van der Waals surface area contributed by atoms with Crippen LogP contribution in [0.2, 0.25) is 0 Å². The summed E-state index contributed by atoms with van der Waals surface area (Å²) in [4.78, 5) is 0. The lowest BCUT2D eigenvalue weighted by atomic mass is 9.76. The molecule has 0 spiro atoms. The number of anilines is 1. The molecule has 4 rings (SSSR count). The molecule has 0 amide bonds. The van der Waals surface area contributed by atoms with Gasteiger partial charge in [-0.05, 0) is 47.9 Å². The zero-order valence-corrected chi connectivity index (χ0v) is 15.3. The Kier molecular flexibility index (Phi) is 4.29. The first-order chi connectivity index (χ1) is 12.2. The van der Waals surface area contributed by atoms with Crippen molar-refractivity contribution < 1.29 is 4.74 Å². The molecule has 3 unspecified atom stereocenters. The molecule has 0 fully saturated rings. The summed E-state index contributed by atoms with van der Waals surface area (Å²) in [7, 11) is 0. The quantitative estimate of drug-likeness (QED) is 0.689. The van der Waals surface area contributed by atoms with Crippen LogP contribution in [0.5, 0.6) is 5.75 Å². The molecule has 1 aliphatic heterocycles. The molecule has 2 aromatic rings. The van der Waals surface area contributed by atoms with E-state index >= 15 is 0 Å². The summed E-state index contributed by atoms with van der Waals surface area (Å²) in [6.07, 6.45) is 5.86. The predicted octanol–water partition coefficient (Wildman–Crippen LogP) is 6.04. The second-order valence-electron chi connectivity index (χ2n) is 7.45. The standard InChI is InChI=1S/C23H27NO/c1-4-25-21-10-6-9-20-18-7-5-8-19(18)22(24-23(20)21)17-13-11-16(12-14-17)15(2)3/h5-7,9-15,18-19,22,24H,4,8H2,1-3H3. The van der Waals surface area contributed by atoms with E-state index in [2.05, 4.69) is 73.8 Å². The first kappa shape index (κ1) is 16.3. The maximum Gasteiger partial charge on any atom is 0.142 e. The monoisotopic (exact) mass is 333 g/mol. The molecule has 3 atom stereocenters. The van der Waals surface area contributed by atoms with Crippen molar-refractivity contribution in [2.24, 2.45) is 5.92 Å². The van der Waals surface area contributed by atoms with E-state index in [0.29, 0.717) is 30.4 Å². The highest BCUT2D eigenvalue weighted by molar-refractivity contribution is 5.67. The Morgan fingerprint density at radius 3 is 2.64 bits per heavy atom. The molecule has 0 bridgehead atoms. The van der Waals surface area contributed by atoms with Gasteiger partial charge in [0.1, 0.15) is 5.75 Å². The third-order valence-corrected chi connectivity index (χ3v) is 5.62.